The molecule has 31 heavy (non-hydrogen) atoms. The fourth-order valence-electron chi connectivity index (χ4n) is 4.09. The van der Waals surface area contributed by atoms with Crippen molar-refractivity contribution in [2.45, 2.75) is 56.6 Å². The van der Waals surface area contributed by atoms with Gasteiger partial charge in [-0.25, -0.2) is 12.7 Å². The Morgan fingerprint density at radius 3 is 2.35 bits per heavy atom. The number of carbonyl (C=O) groups is 1. The van der Waals surface area contributed by atoms with Crippen LogP contribution in [0.3, 0.4) is 0 Å². The maximum atomic E-state index is 12.9. The molecule has 0 bridgehead atoms. The first-order valence-electron chi connectivity index (χ1n) is 10.5. The molecule has 1 saturated carbocycles. The number of nitrogens with zero attached hydrogens (tertiary/aromatic N) is 1. The number of aryl methyl sites for hydroxylation is 1. The van der Waals surface area contributed by atoms with Crippen molar-refractivity contribution in [1.82, 2.24) is 4.31 Å². The van der Waals surface area contributed by atoms with Crippen molar-refractivity contribution in [3.63, 3.8) is 0 Å². The van der Waals surface area contributed by atoms with Gasteiger partial charge in [-0.05, 0) is 62.1 Å². The molecular formula is C23H28N2O5S. The van der Waals surface area contributed by atoms with Crippen LogP contribution in [0.15, 0.2) is 35.2 Å². The Morgan fingerprint density at radius 1 is 1.00 bits per heavy atom. The third kappa shape index (κ3) is 4.02. The van der Waals surface area contributed by atoms with Crippen LogP contribution in [-0.4, -0.2) is 38.5 Å². The molecule has 1 amide bonds. The van der Waals surface area contributed by atoms with Gasteiger partial charge in [-0.15, -0.1) is 0 Å². The summed E-state index contributed by atoms with van der Waals surface area (Å²) in [5.41, 5.74) is 2.21. The molecule has 166 valence electrons. The van der Waals surface area contributed by atoms with Gasteiger partial charge in [-0.1, -0.05) is 6.42 Å². The highest BCUT2D eigenvalue weighted by atomic mass is 32.2. The Hall–Kier alpha value is -2.58. The van der Waals surface area contributed by atoms with E-state index in [1.165, 1.54) is 26.6 Å². The molecule has 0 saturated heterocycles. The normalized spacial score (nSPS) is 17.2. The number of nitrogens with one attached hydrogen (secondary N) is 1. The van der Waals surface area contributed by atoms with E-state index in [1.807, 2.05) is 0 Å². The molecule has 2 aromatic carbocycles. The first-order chi connectivity index (χ1) is 14.6. The highest BCUT2D eigenvalue weighted by molar-refractivity contribution is 7.89. The lowest BCUT2D eigenvalue weighted by molar-refractivity contribution is -0.105. The van der Waals surface area contributed by atoms with E-state index in [2.05, 4.69) is 5.32 Å². The van der Waals surface area contributed by atoms with Gasteiger partial charge in [0, 0.05) is 44.3 Å². The molecule has 1 aliphatic heterocycles. The zero-order valence-corrected chi connectivity index (χ0v) is 19.1. The van der Waals surface area contributed by atoms with Crippen LogP contribution in [0.4, 0.5) is 5.69 Å². The van der Waals surface area contributed by atoms with Crippen LogP contribution in [0, 0.1) is 13.8 Å². The Labute approximate surface area is 183 Å². The molecule has 1 spiro atoms. The van der Waals surface area contributed by atoms with Crippen molar-refractivity contribution in [2.24, 2.45) is 0 Å². The van der Waals surface area contributed by atoms with Crippen molar-refractivity contribution < 1.29 is 22.7 Å². The molecular weight excluding hydrogens is 416 g/mol. The van der Waals surface area contributed by atoms with Crippen molar-refractivity contribution >= 4 is 21.6 Å². The second-order valence-electron chi connectivity index (χ2n) is 8.49. The molecule has 8 heteroatoms. The number of fused-ring (bicyclic) bond motifs is 1. The summed E-state index contributed by atoms with van der Waals surface area (Å²) in [5, 5.41) is 2.85. The quantitative estimate of drug-likeness (QED) is 0.763. The Morgan fingerprint density at radius 2 is 1.68 bits per heavy atom. The van der Waals surface area contributed by atoms with Crippen LogP contribution in [0.5, 0.6) is 11.5 Å². The largest absolute Gasteiger partial charge is 0.448 e. The summed E-state index contributed by atoms with van der Waals surface area (Å²) in [7, 11) is -0.717. The molecule has 0 unspecified atom stereocenters. The predicted molar refractivity (Wildman–Crippen MR) is 118 cm³/mol. The first-order valence-corrected chi connectivity index (χ1v) is 11.9. The fourth-order valence-corrected chi connectivity index (χ4v) is 5.31. The summed E-state index contributed by atoms with van der Waals surface area (Å²) in [4.78, 5) is 13.1. The van der Waals surface area contributed by atoms with E-state index in [-0.39, 0.29) is 16.4 Å². The Bertz CT molecular complexity index is 1130. The van der Waals surface area contributed by atoms with Crippen molar-refractivity contribution in [1.29, 1.82) is 0 Å². The second-order valence-corrected chi connectivity index (χ2v) is 10.6. The minimum Gasteiger partial charge on any atom is -0.448 e. The lowest BCUT2D eigenvalue weighted by Gasteiger charge is -2.31. The number of carbonyl (C=O) groups excluding carboxylic acids is 1. The van der Waals surface area contributed by atoms with Crippen LogP contribution < -0.4 is 14.8 Å². The van der Waals surface area contributed by atoms with Crippen molar-refractivity contribution in [2.75, 3.05) is 19.4 Å². The molecule has 1 fully saturated rings. The lowest BCUT2D eigenvalue weighted by Crippen LogP contribution is -2.40. The molecule has 1 N–H and O–H groups in total. The Balaban J connectivity index is 1.58. The van der Waals surface area contributed by atoms with E-state index in [4.69, 9.17) is 9.47 Å². The van der Waals surface area contributed by atoms with Gasteiger partial charge in [0.05, 0.1) is 4.90 Å². The minimum atomic E-state index is -3.67. The lowest BCUT2D eigenvalue weighted by atomic mass is 9.94. The van der Waals surface area contributed by atoms with Gasteiger partial charge in [0.2, 0.25) is 10.0 Å². The highest BCUT2D eigenvalue weighted by Crippen LogP contribution is 2.46. The number of rotatable bonds is 4. The molecule has 1 heterocycles. The Kier molecular flexibility index (Phi) is 5.47. The van der Waals surface area contributed by atoms with Gasteiger partial charge >= 0.3 is 0 Å². The maximum absolute atomic E-state index is 12.9. The SMILES string of the molecule is Cc1cc(C(=O)Nc2ccc3c(c2)OC2(CCCCC2)O3)cc(S(=O)(=O)N(C)C)c1C. The predicted octanol–water partition coefficient (Wildman–Crippen LogP) is 4.24. The van der Waals surface area contributed by atoms with Gasteiger partial charge in [0.1, 0.15) is 0 Å². The number of amides is 1. The van der Waals surface area contributed by atoms with Gasteiger partial charge in [-0.3, -0.25) is 4.79 Å². The van der Waals surface area contributed by atoms with E-state index >= 15 is 0 Å². The van der Waals surface area contributed by atoms with E-state index in [0.29, 0.717) is 22.7 Å². The van der Waals surface area contributed by atoms with Crippen LogP contribution in [0.2, 0.25) is 0 Å². The van der Waals surface area contributed by atoms with Gasteiger partial charge in [-0.2, -0.15) is 0 Å². The molecule has 7 nitrogen and oxygen atoms in total. The standard InChI is InChI=1S/C23H28N2O5S/c1-15-12-17(13-21(16(15)2)31(27,28)25(3)4)22(26)24-18-8-9-19-20(14-18)30-23(29-19)10-6-5-7-11-23/h8-9,12-14H,5-7,10-11H2,1-4H3,(H,24,26). The summed E-state index contributed by atoms with van der Waals surface area (Å²) >= 11 is 0. The monoisotopic (exact) mass is 444 g/mol. The number of benzene rings is 2. The molecule has 0 atom stereocenters. The summed E-state index contributed by atoms with van der Waals surface area (Å²) < 4.78 is 38.7. The van der Waals surface area contributed by atoms with Crippen LogP contribution >= 0.6 is 0 Å². The second kappa shape index (κ2) is 7.84. The third-order valence-electron chi connectivity index (χ3n) is 6.05. The summed E-state index contributed by atoms with van der Waals surface area (Å²) in [6.45, 7) is 3.54. The van der Waals surface area contributed by atoms with E-state index in [0.717, 1.165) is 35.6 Å². The number of anilines is 1. The van der Waals surface area contributed by atoms with Gasteiger partial charge < -0.3 is 14.8 Å². The summed E-state index contributed by atoms with van der Waals surface area (Å²) in [6, 6.07) is 8.45. The zero-order valence-electron chi connectivity index (χ0n) is 18.3. The van der Waals surface area contributed by atoms with Gasteiger partial charge in [0.25, 0.3) is 11.7 Å². The fraction of sp³-hybridized carbons (Fsp3) is 0.435. The highest BCUT2D eigenvalue weighted by Gasteiger charge is 2.42. The third-order valence-corrected chi connectivity index (χ3v) is 7.99. The van der Waals surface area contributed by atoms with E-state index in [9.17, 15) is 13.2 Å². The van der Waals surface area contributed by atoms with Crippen LogP contribution in [-0.2, 0) is 10.0 Å². The van der Waals surface area contributed by atoms with E-state index in [1.54, 1.807) is 38.1 Å². The molecule has 4 rings (SSSR count). The maximum Gasteiger partial charge on any atom is 0.255 e. The summed E-state index contributed by atoms with van der Waals surface area (Å²) in [5.74, 6) is 0.345. The zero-order chi connectivity index (χ0) is 22.4. The number of hydrogen-bond acceptors (Lipinski definition) is 5. The van der Waals surface area contributed by atoms with E-state index < -0.39 is 15.8 Å². The van der Waals surface area contributed by atoms with Crippen molar-refractivity contribution in [3.8, 4) is 11.5 Å². The van der Waals surface area contributed by atoms with Crippen LogP contribution in [0.25, 0.3) is 0 Å². The molecule has 2 aromatic rings. The number of sulfonamides is 1. The molecule has 0 radical (unpaired) electrons. The molecule has 2 aliphatic rings. The van der Waals surface area contributed by atoms with Crippen molar-refractivity contribution in [3.05, 3.63) is 47.0 Å². The smallest absolute Gasteiger partial charge is 0.255 e. The van der Waals surface area contributed by atoms with Crippen LogP contribution in [0.1, 0.15) is 53.6 Å². The topological polar surface area (TPSA) is 84.9 Å². The van der Waals surface area contributed by atoms with Gasteiger partial charge in [0.15, 0.2) is 11.5 Å². The average Bonchev–Trinajstić information content (AvgIpc) is 3.06. The molecule has 0 aromatic heterocycles. The minimum absolute atomic E-state index is 0.132. The first kappa shape index (κ1) is 21.6. The molecule has 1 aliphatic carbocycles. The number of ether oxygens (including phenoxy) is 2. The average molecular weight is 445 g/mol. The number of hydrogen-bond donors (Lipinski definition) is 1. The summed E-state index contributed by atoms with van der Waals surface area (Å²) in [6.07, 6.45) is 5.04.